The van der Waals surface area contributed by atoms with Crippen molar-refractivity contribution < 1.29 is 14.7 Å². The summed E-state index contributed by atoms with van der Waals surface area (Å²) in [5.41, 5.74) is 5.62. The Balaban J connectivity index is 3.29. The van der Waals surface area contributed by atoms with Gasteiger partial charge in [0.15, 0.2) is 0 Å². The van der Waals surface area contributed by atoms with Crippen molar-refractivity contribution in [2.45, 2.75) is 51.0 Å². The molecule has 1 amide bonds. The second-order valence-electron chi connectivity index (χ2n) is 4.32. The van der Waals surface area contributed by atoms with Gasteiger partial charge in [-0.2, -0.15) is 12.6 Å². The van der Waals surface area contributed by atoms with Crippen LogP contribution in [0.2, 0.25) is 0 Å². The van der Waals surface area contributed by atoms with Crippen molar-refractivity contribution >= 4 is 24.5 Å². The Labute approximate surface area is 114 Å². The molecular weight excluding hydrogens is 252 g/mol. The maximum atomic E-state index is 11.4. The fourth-order valence-corrected chi connectivity index (χ4v) is 1.82. The lowest BCUT2D eigenvalue weighted by atomic mass is 10.1. The minimum absolute atomic E-state index is 0.116. The molecule has 4 N–H and O–H groups in total. The van der Waals surface area contributed by atoms with Gasteiger partial charge in [0.2, 0.25) is 5.91 Å². The minimum atomic E-state index is -0.736. The monoisotopic (exact) mass is 276 g/mol. The highest BCUT2D eigenvalue weighted by atomic mass is 32.1. The van der Waals surface area contributed by atoms with Crippen molar-refractivity contribution in [2.24, 2.45) is 5.73 Å². The summed E-state index contributed by atoms with van der Waals surface area (Å²) < 4.78 is 0. The zero-order valence-electron chi connectivity index (χ0n) is 10.7. The summed E-state index contributed by atoms with van der Waals surface area (Å²) in [5, 5.41) is 11.2. The second-order valence-corrected chi connectivity index (χ2v) is 4.77. The topological polar surface area (TPSA) is 92.4 Å². The highest BCUT2D eigenvalue weighted by Crippen LogP contribution is 2.04. The van der Waals surface area contributed by atoms with Crippen LogP contribution in [0.3, 0.4) is 0 Å². The SMILES string of the molecule is NC(CCS)C(=O)NCCCCCCCC(=O)O. The van der Waals surface area contributed by atoms with Crippen LogP contribution in [-0.2, 0) is 9.59 Å². The van der Waals surface area contributed by atoms with Crippen LogP contribution < -0.4 is 11.1 Å². The fourth-order valence-electron chi connectivity index (χ4n) is 1.54. The Hall–Kier alpha value is -0.750. The summed E-state index contributed by atoms with van der Waals surface area (Å²) in [6.07, 6.45) is 5.41. The van der Waals surface area contributed by atoms with Crippen LogP contribution in [0.15, 0.2) is 0 Å². The molecule has 0 heterocycles. The number of unbranched alkanes of at least 4 members (excludes halogenated alkanes) is 4. The summed E-state index contributed by atoms with van der Waals surface area (Å²) >= 11 is 4.02. The van der Waals surface area contributed by atoms with Crippen LogP contribution in [0.4, 0.5) is 0 Å². The average molecular weight is 276 g/mol. The summed E-state index contributed by atoms with van der Waals surface area (Å²) in [4.78, 5) is 21.7. The average Bonchev–Trinajstić information content (AvgIpc) is 2.32. The molecule has 0 rings (SSSR count). The van der Waals surface area contributed by atoms with Crippen LogP contribution in [0, 0.1) is 0 Å². The standard InChI is InChI=1S/C12H24N2O3S/c13-10(7-9-18)12(17)14-8-5-3-1-2-4-6-11(15)16/h10,18H,1-9,13H2,(H,14,17)(H,15,16). The number of carboxylic acid groups (broad SMARTS) is 1. The number of rotatable bonds is 11. The van der Waals surface area contributed by atoms with Gasteiger partial charge in [-0.3, -0.25) is 9.59 Å². The Bertz CT molecular complexity index is 249. The number of thiol groups is 1. The van der Waals surface area contributed by atoms with Gasteiger partial charge < -0.3 is 16.2 Å². The van der Waals surface area contributed by atoms with E-state index < -0.39 is 12.0 Å². The van der Waals surface area contributed by atoms with Gasteiger partial charge in [-0.1, -0.05) is 19.3 Å². The maximum Gasteiger partial charge on any atom is 0.303 e. The summed E-state index contributed by atoms with van der Waals surface area (Å²) in [6.45, 7) is 0.637. The smallest absolute Gasteiger partial charge is 0.303 e. The molecule has 5 nitrogen and oxygen atoms in total. The molecule has 18 heavy (non-hydrogen) atoms. The molecule has 0 aromatic heterocycles. The van der Waals surface area contributed by atoms with E-state index in [9.17, 15) is 9.59 Å². The van der Waals surface area contributed by atoms with E-state index in [1.54, 1.807) is 0 Å². The highest BCUT2D eigenvalue weighted by Gasteiger charge is 2.10. The van der Waals surface area contributed by atoms with Gasteiger partial charge in [0.1, 0.15) is 0 Å². The Kier molecular flexibility index (Phi) is 10.9. The number of hydrogen-bond acceptors (Lipinski definition) is 4. The quantitative estimate of drug-likeness (QED) is 0.337. The van der Waals surface area contributed by atoms with Crippen molar-refractivity contribution in [3.05, 3.63) is 0 Å². The summed E-state index contributed by atoms with van der Waals surface area (Å²) in [6, 6.07) is -0.460. The van der Waals surface area contributed by atoms with Crippen LogP contribution in [0.5, 0.6) is 0 Å². The van der Waals surface area contributed by atoms with Gasteiger partial charge in [-0.15, -0.1) is 0 Å². The third-order valence-electron chi connectivity index (χ3n) is 2.64. The van der Waals surface area contributed by atoms with Gasteiger partial charge >= 0.3 is 5.97 Å². The molecule has 0 saturated heterocycles. The van der Waals surface area contributed by atoms with Gasteiger partial charge in [0, 0.05) is 13.0 Å². The number of carboxylic acids is 1. The van der Waals surface area contributed by atoms with Gasteiger partial charge in [0.25, 0.3) is 0 Å². The number of carbonyl (C=O) groups excluding carboxylic acids is 1. The van der Waals surface area contributed by atoms with Crippen molar-refractivity contribution in [2.75, 3.05) is 12.3 Å². The zero-order chi connectivity index (χ0) is 13.8. The highest BCUT2D eigenvalue weighted by molar-refractivity contribution is 7.80. The zero-order valence-corrected chi connectivity index (χ0v) is 11.6. The summed E-state index contributed by atoms with van der Waals surface area (Å²) in [7, 11) is 0. The number of amides is 1. The minimum Gasteiger partial charge on any atom is -0.481 e. The van der Waals surface area contributed by atoms with E-state index in [0.29, 0.717) is 18.7 Å². The molecule has 1 atom stereocenters. The largest absolute Gasteiger partial charge is 0.481 e. The molecule has 0 spiro atoms. The van der Waals surface area contributed by atoms with Gasteiger partial charge in [-0.25, -0.2) is 0 Å². The number of aliphatic carboxylic acids is 1. The Morgan fingerprint density at radius 1 is 1.17 bits per heavy atom. The van der Waals surface area contributed by atoms with E-state index in [0.717, 1.165) is 32.1 Å². The molecule has 106 valence electrons. The van der Waals surface area contributed by atoms with Crippen molar-refractivity contribution in [3.63, 3.8) is 0 Å². The lowest BCUT2D eigenvalue weighted by Crippen LogP contribution is -2.41. The predicted molar refractivity (Wildman–Crippen MR) is 74.8 cm³/mol. The number of hydrogen-bond donors (Lipinski definition) is 4. The number of nitrogens with one attached hydrogen (secondary N) is 1. The fraction of sp³-hybridized carbons (Fsp3) is 0.833. The molecule has 0 saturated carbocycles. The van der Waals surface area contributed by atoms with E-state index >= 15 is 0 Å². The van der Waals surface area contributed by atoms with Crippen LogP contribution >= 0.6 is 12.6 Å². The van der Waals surface area contributed by atoms with Gasteiger partial charge in [0.05, 0.1) is 6.04 Å². The third kappa shape index (κ3) is 10.4. The second kappa shape index (κ2) is 11.3. The van der Waals surface area contributed by atoms with E-state index in [1.165, 1.54) is 0 Å². The maximum absolute atomic E-state index is 11.4. The van der Waals surface area contributed by atoms with Crippen LogP contribution in [0.25, 0.3) is 0 Å². The van der Waals surface area contributed by atoms with Gasteiger partial charge in [-0.05, 0) is 25.0 Å². The molecule has 1 unspecified atom stereocenters. The Morgan fingerprint density at radius 3 is 2.39 bits per heavy atom. The Morgan fingerprint density at radius 2 is 1.78 bits per heavy atom. The van der Waals surface area contributed by atoms with Crippen molar-refractivity contribution in [3.8, 4) is 0 Å². The molecule has 6 heteroatoms. The molecule has 0 bridgehead atoms. The predicted octanol–water partition coefficient (Wildman–Crippen LogP) is 1.17. The molecule has 0 aromatic rings. The first-order valence-corrected chi connectivity index (χ1v) is 7.07. The van der Waals surface area contributed by atoms with E-state index in [-0.39, 0.29) is 12.3 Å². The molecule has 0 aliphatic rings. The molecule has 0 aliphatic carbocycles. The molecule has 0 fully saturated rings. The van der Waals surface area contributed by atoms with Crippen molar-refractivity contribution in [1.29, 1.82) is 0 Å². The number of nitrogens with two attached hydrogens (primary N) is 1. The lowest BCUT2D eigenvalue weighted by Gasteiger charge is -2.10. The molecular formula is C12H24N2O3S. The lowest BCUT2D eigenvalue weighted by molar-refractivity contribution is -0.137. The first-order chi connectivity index (χ1) is 8.57. The first-order valence-electron chi connectivity index (χ1n) is 6.44. The molecule has 0 aromatic carbocycles. The molecule has 0 aliphatic heterocycles. The molecule has 0 radical (unpaired) electrons. The number of carbonyl (C=O) groups is 2. The third-order valence-corrected chi connectivity index (χ3v) is 2.90. The van der Waals surface area contributed by atoms with Crippen LogP contribution in [0.1, 0.15) is 44.9 Å². The van der Waals surface area contributed by atoms with E-state index in [1.807, 2.05) is 0 Å². The summed E-state index contributed by atoms with van der Waals surface area (Å²) in [5.74, 6) is -0.242. The van der Waals surface area contributed by atoms with Crippen molar-refractivity contribution in [1.82, 2.24) is 5.32 Å². The van der Waals surface area contributed by atoms with E-state index in [4.69, 9.17) is 10.8 Å². The first kappa shape index (κ1) is 17.2. The normalized spacial score (nSPS) is 12.1. The van der Waals surface area contributed by atoms with Crippen LogP contribution in [-0.4, -0.2) is 35.3 Å². The van der Waals surface area contributed by atoms with E-state index in [2.05, 4.69) is 17.9 Å².